The molecule has 1 unspecified atom stereocenters. The summed E-state index contributed by atoms with van der Waals surface area (Å²) in [5, 5.41) is 0.759. The van der Waals surface area contributed by atoms with Gasteiger partial charge < -0.3 is 21.3 Å². The minimum Gasteiger partial charge on any atom is -0.382 e. The Kier molecular flexibility index (Phi) is 4.47. The van der Waals surface area contributed by atoms with E-state index < -0.39 is 0 Å². The number of carbonyl (C=O) groups is 1. The first-order valence-electron chi connectivity index (χ1n) is 6.48. The lowest BCUT2D eigenvalue weighted by molar-refractivity contribution is 0.0818. The number of hydrogen-bond donors (Lipinski definition) is 2. The van der Waals surface area contributed by atoms with Gasteiger partial charge >= 0.3 is 0 Å². The topological polar surface area (TPSA) is 88.5 Å². The fourth-order valence-corrected chi connectivity index (χ4v) is 3.19. The molecule has 1 aromatic heterocycles. The Bertz CT molecular complexity index is 535. The molecule has 1 fully saturated rings. The molecule has 108 valence electrons. The second kappa shape index (κ2) is 6.11. The van der Waals surface area contributed by atoms with Gasteiger partial charge in [0.2, 0.25) is 0 Å². The van der Waals surface area contributed by atoms with Gasteiger partial charge in [-0.1, -0.05) is 17.3 Å². The van der Waals surface area contributed by atoms with Gasteiger partial charge in [-0.3, -0.25) is 4.79 Å². The van der Waals surface area contributed by atoms with Gasteiger partial charge in [-0.15, -0.1) is 6.42 Å². The van der Waals surface area contributed by atoms with Gasteiger partial charge in [-0.2, -0.15) is 0 Å². The molecule has 2 heterocycles. The maximum Gasteiger partial charge on any atom is 0.268 e. The molecule has 1 aliphatic rings. The summed E-state index contributed by atoms with van der Waals surface area (Å²) in [5.74, 6) is 2.51. The van der Waals surface area contributed by atoms with Gasteiger partial charge in [0.15, 0.2) is 5.13 Å². The minimum atomic E-state index is -0.189. The number of hydrogen-bond acceptors (Lipinski definition) is 6. The van der Waals surface area contributed by atoms with E-state index in [0.717, 1.165) is 31.1 Å². The molecule has 0 spiro atoms. The van der Waals surface area contributed by atoms with Crippen LogP contribution in [0.25, 0.3) is 0 Å². The highest BCUT2D eigenvalue weighted by Gasteiger charge is 2.24. The van der Waals surface area contributed by atoms with E-state index in [0.29, 0.717) is 4.88 Å². The van der Waals surface area contributed by atoms with Gasteiger partial charge in [-0.25, -0.2) is 4.98 Å². The van der Waals surface area contributed by atoms with Gasteiger partial charge in [0.1, 0.15) is 10.7 Å². The van der Waals surface area contributed by atoms with E-state index >= 15 is 0 Å². The van der Waals surface area contributed by atoms with Crippen molar-refractivity contribution in [1.29, 1.82) is 0 Å². The van der Waals surface area contributed by atoms with Crippen LogP contribution in [0, 0.1) is 12.3 Å². The molecular weight excluding hydrogens is 274 g/mol. The normalized spacial score (nSPS) is 18.6. The van der Waals surface area contributed by atoms with Crippen molar-refractivity contribution in [3.63, 3.8) is 0 Å². The molecule has 1 saturated heterocycles. The van der Waals surface area contributed by atoms with Crippen molar-refractivity contribution in [2.45, 2.75) is 18.9 Å². The zero-order valence-electron chi connectivity index (χ0n) is 11.5. The molecule has 1 aliphatic heterocycles. The third kappa shape index (κ3) is 3.03. The Morgan fingerprint density at radius 1 is 1.70 bits per heavy atom. The highest BCUT2D eigenvalue weighted by molar-refractivity contribution is 7.18. The monoisotopic (exact) mass is 293 g/mol. The molecule has 1 amide bonds. The van der Waals surface area contributed by atoms with Crippen LogP contribution in [0.5, 0.6) is 0 Å². The highest BCUT2D eigenvalue weighted by Crippen LogP contribution is 2.30. The number of nitrogens with two attached hydrogens (primary N) is 2. The lowest BCUT2D eigenvalue weighted by Gasteiger charge is -2.30. The predicted octanol–water partition coefficient (Wildman–Crippen LogP) is 0.358. The van der Waals surface area contributed by atoms with Crippen LogP contribution in [0.3, 0.4) is 0 Å². The average molecular weight is 293 g/mol. The fourth-order valence-electron chi connectivity index (χ4n) is 2.17. The highest BCUT2D eigenvalue weighted by atomic mass is 32.1. The first kappa shape index (κ1) is 14.6. The van der Waals surface area contributed by atoms with E-state index in [1.165, 1.54) is 16.2 Å². The molecule has 4 N–H and O–H groups in total. The Morgan fingerprint density at radius 3 is 3.10 bits per heavy atom. The van der Waals surface area contributed by atoms with Crippen molar-refractivity contribution < 1.29 is 4.79 Å². The van der Waals surface area contributed by atoms with Crippen LogP contribution in [0.15, 0.2) is 0 Å². The number of terminal acetylenes is 1. The molecule has 20 heavy (non-hydrogen) atoms. The lowest BCUT2D eigenvalue weighted by Crippen LogP contribution is -2.42. The van der Waals surface area contributed by atoms with Crippen molar-refractivity contribution in [2.75, 3.05) is 37.3 Å². The van der Waals surface area contributed by atoms with Crippen LogP contribution in [0.4, 0.5) is 10.9 Å². The maximum atomic E-state index is 12.2. The minimum absolute atomic E-state index is 0.150. The van der Waals surface area contributed by atoms with Gasteiger partial charge in [0.25, 0.3) is 5.91 Å². The smallest absolute Gasteiger partial charge is 0.268 e. The van der Waals surface area contributed by atoms with Crippen LogP contribution in [-0.2, 0) is 0 Å². The zero-order valence-corrected chi connectivity index (χ0v) is 12.3. The summed E-state index contributed by atoms with van der Waals surface area (Å²) >= 11 is 1.30. The van der Waals surface area contributed by atoms with E-state index in [9.17, 15) is 4.79 Å². The number of carbonyl (C=O) groups excluding carboxylic acids is 1. The van der Waals surface area contributed by atoms with E-state index in [2.05, 4.69) is 15.8 Å². The second-order valence-corrected chi connectivity index (χ2v) is 5.90. The molecule has 0 radical (unpaired) electrons. The molecular formula is C13H19N5OS. The lowest BCUT2D eigenvalue weighted by atomic mass is 10.1. The number of aromatic nitrogens is 1. The SMILES string of the molecule is C#CCN(C)C(=O)c1sc(N2CCCC(N)C2)nc1N. The Morgan fingerprint density at radius 2 is 2.45 bits per heavy atom. The quantitative estimate of drug-likeness (QED) is 0.786. The first-order chi connectivity index (χ1) is 9.52. The van der Waals surface area contributed by atoms with Crippen molar-refractivity contribution in [2.24, 2.45) is 5.73 Å². The number of nitrogen functional groups attached to an aromatic ring is 1. The molecule has 7 heteroatoms. The Hall–Kier alpha value is -1.78. The fraction of sp³-hybridized carbons (Fsp3) is 0.538. The molecule has 1 atom stereocenters. The summed E-state index contributed by atoms with van der Waals surface area (Å²) in [6.07, 6.45) is 7.26. The van der Waals surface area contributed by atoms with Crippen LogP contribution in [0.2, 0.25) is 0 Å². The third-order valence-corrected chi connectivity index (χ3v) is 4.36. The van der Waals surface area contributed by atoms with Crippen molar-refractivity contribution in [3.8, 4) is 12.3 Å². The van der Waals surface area contributed by atoms with Gasteiger partial charge in [0, 0.05) is 26.2 Å². The summed E-state index contributed by atoms with van der Waals surface area (Å²) in [6.45, 7) is 1.90. The van der Waals surface area contributed by atoms with E-state index in [1.54, 1.807) is 7.05 Å². The van der Waals surface area contributed by atoms with Gasteiger partial charge in [0.05, 0.1) is 6.54 Å². The molecule has 0 bridgehead atoms. The largest absolute Gasteiger partial charge is 0.382 e. The standard InChI is InChI=1S/C13H19N5OS/c1-3-6-17(2)12(19)10-11(15)16-13(20-10)18-7-4-5-9(14)8-18/h1,9H,4-8,14-15H2,2H3. The summed E-state index contributed by atoms with van der Waals surface area (Å²) in [7, 11) is 1.65. The second-order valence-electron chi connectivity index (χ2n) is 4.92. The van der Waals surface area contributed by atoms with Crippen molar-refractivity contribution in [3.05, 3.63) is 4.88 Å². The number of rotatable bonds is 3. The van der Waals surface area contributed by atoms with Crippen LogP contribution in [-0.4, -0.2) is 48.5 Å². The number of thiazole rings is 1. The van der Waals surface area contributed by atoms with Crippen molar-refractivity contribution in [1.82, 2.24) is 9.88 Å². The molecule has 1 aromatic rings. The van der Waals surface area contributed by atoms with Crippen LogP contribution in [0.1, 0.15) is 22.5 Å². The Balaban J connectivity index is 2.17. The zero-order chi connectivity index (χ0) is 14.7. The first-order valence-corrected chi connectivity index (χ1v) is 7.30. The molecule has 6 nitrogen and oxygen atoms in total. The summed E-state index contributed by atoms with van der Waals surface area (Å²) in [5.41, 5.74) is 11.8. The van der Waals surface area contributed by atoms with Crippen LogP contribution < -0.4 is 16.4 Å². The average Bonchev–Trinajstić information content (AvgIpc) is 2.80. The van der Waals surface area contributed by atoms with Gasteiger partial charge in [-0.05, 0) is 12.8 Å². The van der Waals surface area contributed by atoms with E-state index in [4.69, 9.17) is 17.9 Å². The summed E-state index contributed by atoms with van der Waals surface area (Å²) in [6, 6.07) is 0.150. The number of piperidine rings is 1. The van der Waals surface area contributed by atoms with E-state index in [1.807, 2.05) is 0 Å². The molecule has 0 aromatic carbocycles. The van der Waals surface area contributed by atoms with Crippen molar-refractivity contribution >= 4 is 28.2 Å². The number of nitrogens with zero attached hydrogens (tertiary/aromatic N) is 3. The molecule has 0 saturated carbocycles. The summed E-state index contributed by atoms with van der Waals surface area (Å²) in [4.78, 5) is 20.5. The maximum absolute atomic E-state index is 12.2. The number of amides is 1. The summed E-state index contributed by atoms with van der Waals surface area (Å²) < 4.78 is 0. The van der Waals surface area contributed by atoms with E-state index in [-0.39, 0.29) is 24.3 Å². The number of anilines is 2. The molecule has 2 rings (SSSR count). The third-order valence-electron chi connectivity index (χ3n) is 3.24. The Labute approximate surface area is 122 Å². The van der Waals surface area contributed by atoms with Crippen LogP contribution >= 0.6 is 11.3 Å². The molecule has 0 aliphatic carbocycles. The predicted molar refractivity (Wildman–Crippen MR) is 81.7 cm³/mol.